The minimum atomic E-state index is -3.94. The first-order valence-electron chi connectivity index (χ1n) is 5.85. The second-order valence-corrected chi connectivity index (χ2v) is 5.63. The van der Waals surface area contributed by atoms with Crippen LogP contribution in [0.25, 0.3) is 0 Å². The van der Waals surface area contributed by atoms with E-state index in [4.69, 9.17) is 14.5 Å². The van der Waals surface area contributed by atoms with Crippen molar-refractivity contribution >= 4 is 21.9 Å². The van der Waals surface area contributed by atoms with Gasteiger partial charge in [-0.3, -0.25) is 19.3 Å². The van der Waals surface area contributed by atoms with Crippen molar-refractivity contribution in [2.24, 2.45) is 0 Å². The van der Waals surface area contributed by atoms with Crippen molar-refractivity contribution in [1.29, 1.82) is 0 Å². The third kappa shape index (κ3) is 5.90. The molecule has 1 aromatic rings. The van der Waals surface area contributed by atoms with Gasteiger partial charge in [-0.05, 0) is 17.7 Å². The van der Waals surface area contributed by atoms with Gasteiger partial charge >= 0.3 is 0 Å². The molecule has 2 amide bonds. The number of rotatable bonds is 3. The number of amides is 2. The van der Waals surface area contributed by atoms with Crippen LogP contribution < -0.4 is 4.74 Å². The largest absolute Gasteiger partial charge is 0.497 e. The van der Waals surface area contributed by atoms with E-state index in [0.29, 0.717) is 11.3 Å². The average Bonchev–Trinajstić information content (AvgIpc) is 2.70. The molecule has 2 rings (SSSR count). The third-order valence-electron chi connectivity index (χ3n) is 2.53. The summed E-state index contributed by atoms with van der Waals surface area (Å²) >= 11 is 0. The number of carbonyl (C=O) groups excluding carboxylic acids is 2. The molecular weight excluding hydrogens is 302 g/mol. The lowest BCUT2D eigenvalue weighted by atomic mass is 10.2. The van der Waals surface area contributed by atoms with E-state index in [-0.39, 0.29) is 23.7 Å². The highest BCUT2D eigenvalue weighted by molar-refractivity contribution is 7.85. The van der Waals surface area contributed by atoms with Gasteiger partial charge in [0.25, 0.3) is 21.9 Å². The fourth-order valence-corrected chi connectivity index (χ4v) is 2.11. The molecule has 0 saturated carbocycles. The Hall–Kier alpha value is -1.97. The predicted octanol–water partition coefficient (Wildman–Crippen LogP) is 0.608. The number of ether oxygens (including phenoxy) is 1. The molecule has 0 aromatic heterocycles. The van der Waals surface area contributed by atoms with Crippen LogP contribution in [-0.2, 0) is 25.5 Å². The Kier molecular flexibility index (Phi) is 5.82. The molecule has 0 atom stereocenters. The minimum Gasteiger partial charge on any atom is -0.497 e. The molecule has 1 aliphatic rings. The van der Waals surface area contributed by atoms with Crippen LogP contribution in [0.4, 0.5) is 0 Å². The van der Waals surface area contributed by atoms with Crippen LogP contribution in [-0.4, -0.2) is 42.2 Å². The molecule has 8 nitrogen and oxygen atoms in total. The van der Waals surface area contributed by atoms with Crippen molar-refractivity contribution < 1.29 is 32.5 Å². The van der Waals surface area contributed by atoms with Crippen molar-refractivity contribution in [1.82, 2.24) is 5.06 Å². The summed E-state index contributed by atoms with van der Waals surface area (Å²) in [6.07, 6.45) is 0.296. The number of hydrogen-bond donors (Lipinski definition) is 2. The first kappa shape index (κ1) is 17.1. The van der Waals surface area contributed by atoms with Crippen LogP contribution >= 0.6 is 0 Å². The van der Waals surface area contributed by atoms with Gasteiger partial charge in [0.15, 0.2) is 0 Å². The first-order chi connectivity index (χ1) is 9.73. The monoisotopic (exact) mass is 317 g/mol. The highest BCUT2D eigenvalue weighted by Crippen LogP contribution is 2.12. The summed E-state index contributed by atoms with van der Waals surface area (Å²) in [5, 5.41) is 8.57. The zero-order valence-corrected chi connectivity index (χ0v) is 12.0. The molecule has 2 N–H and O–H groups in total. The number of nitrogens with zero attached hydrogens (tertiary/aromatic N) is 1. The summed E-state index contributed by atoms with van der Waals surface area (Å²) in [4.78, 5) is 20.5. The smallest absolute Gasteiger partial charge is 0.269 e. The topological polar surface area (TPSA) is 121 Å². The van der Waals surface area contributed by atoms with E-state index in [1.165, 1.54) is 7.11 Å². The predicted molar refractivity (Wildman–Crippen MR) is 71.1 cm³/mol. The van der Waals surface area contributed by atoms with Crippen molar-refractivity contribution in [2.45, 2.75) is 18.6 Å². The summed E-state index contributed by atoms with van der Waals surface area (Å²) < 4.78 is 34.4. The maximum Gasteiger partial charge on any atom is 0.269 e. The van der Waals surface area contributed by atoms with Gasteiger partial charge in [0.05, 0.1) is 7.11 Å². The number of hydrogen-bond acceptors (Lipinski definition) is 6. The molecule has 1 aromatic carbocycles. The Morgan fingerprint density at radius 1 is 1.14 bits per heavy atom. The third-order valence-corrected chi connectivity index (χ3v) is 3.23. The molecule has 116 valence electrons. The van der Waals surface area contributed by atoms with Crippen LogP contribution in [0.2, 0.25) is 0 Å². The molecule has 1 heterocycles. The van der Waals surface area contributed by atoms with Gasteiger partial charge in [-0.15, -0.1) is 0 Å². The van der Waals surface area contributed by atoms with E-state index >= 15 is 0 Å². The van der Waals surface area contributed by atoms with Crippen LogP contribution in [0, 0.1) is 0 Å². The normalized spacial score (nSPS) is 14.7. The van der Waals surface area contributed by atoms with E-state index in [9.17, 15) is 18.0 Å². The van der Waals surface area contributed by atoms with Gasteiger partial charge in [-0.1, -0.05) is 12.1 Å². The highest BCUT2D eigenvalue weighted by Gasteiger charge is 2.26. The maximum atomic E-state index is 10.5. The summed E-state index contributed by atoms with van der Waals surface area (Å²) in [5.74, 6) is -0.721. The first-order valence-corrected chi connectivity index (χ1v) is 7.46. The average molecular weight is 317 g/mol. The molecular formula is C12H15NO7S. The molecule has 0 aliphatic carbocycles. The molecule has 0 bridgehead atoms. The standard InChI is InChI=1S/C8H10O4S.C4H5NO3/c1-12-8-4-2-7(3-5-8)6-13(9,10)11;6-3-1-2-4(7)5(3)8/h2-5H,6H2,1H3,(H,9,10,11);8H,1-2H2. The van der Waals surface area contributed by atoms with Gasteiger partial charge in [0.2, 0.25) is 0 Å². The van der Waals surface area contributed by atoms with Crippen molar-refractivity contribution in [3.05, 3.63) is 29.8 Å². The molecule has 21 heavy (non-hydrogen) atoms. The molecule has 1 fully saturated rings. The summed E-state index contributed by atoms with van der Waals surface area (Å²) in [7, 11) is -2.41. The van der Waals surface area contributed by atoms with Crippen molar-refractivity contribution in [2.75, 3.05) is 7.11 Å². The number of imide groups is 1. The SMILES string of the molecule is COc1ccc(CS(=O)(=O)O)cc1.O=C1CCC(=O)N1O. The Labute approximate surface area is 121 Å². The van der Waals surface area contributed by atoms with E-state index < -0.39 is 21.9 Å². The van der Waals surface area contributed by atoms with Gasteiger partial charge in [-0.2, -0.15) is 13.5 Å². The van der Waals surface area contributed by atoms with E-state index in [2.05, 4.69) is 0 Å². The van der Waals surface area contributed by atoms with Crippen LogP contribution in [0.1, 0.15) is 18.4 Å². The van der Waals surface area contributed by atoms with Crippen LogP contribution in [0.5, 0.6) is 5.75 Å². The molecule has 0 radical (unpaired) electrons. The Morgan fingerprint density at radius 3 is 1.90 bits per heavy atom. The number of methoxy groups -OCH3 is 1. The summed E-state index contributed by atoms with van der Waals surface area (Å²) in [6.45, 7) is 0. The second kappa shape index (κ2) is 7.16. The number of hydroxylamine groups is 2. The summed E-state index contributed by atoms with van der Waals surface area (Å²) in [6, 6.07) is 6.46. The van der Waals surface area contributed by atoms with Gasteiger partial charge in [-0.25, -0.2) is 0 Å². The fraction of sp³-hybridized carbons (Fsp3) is 0.333. The lowest BCUT2D eigenvalue weighted by Gasteiger charge is -2.00. The summed E-state index contributed by atoms with van der Waals surface area (Å²) in [5.41, 5.74) is 0.531. The molecule has 1 saturated heterocycles. The Morgan fingerprint density at radius 2 is 1.62 bits per heavy atom. The number of carbonyl (C=O) groups is 2. The second-order valence-electron chi connectivity index (χ2n) is 4.17. The lowest BCUT2D eigenvalue weighted by molar-refractivity contribution is -0.171. The highest BCUT2D eigenvalue weighted by atomic mass is 32.2. The fourth-order valence-electron chi connectivity index (χ4n) is 1.50. The van der Waals surface area contributed by atoms with Crippen molar-refractivity contribution in [3.8, 4) is 5.75 Å². The van der Waals surface area contributed by atoms with E-state index in [0.717, 1.165) is 0 Å². The molecule has 9 heteroatoms. The minimum absolute atomic E-state index is 0.148. The Bertz CT molecular complexity index is 593. The lowest BCUT2D eigenvalue weighted by Crippen LogP contribution is -2.24. The van der Waals surface area contributed by atoms with Crippen LogP contribution in [0.15, 0.2) is 24.3 Å². The van der Waals surface area contributed by atoms with E-state index in [1.807, 2.05) is 0 Å². The van der Waals surface area contributed by atoms with Crippen LogP contribution in [0.3, 0.4) is 0 Å². The Balaban J connectivity index is 0.000000235. The maximum absolute atomic E-state index is 10.5. The van der Waals surface area contributed by atoms with Gasteiger partial charge < -0.3 is 4.74 Å². The van der Waals surface area contributed by atoms with Gasteiger partial charge in [0, 0.05) is 12.8 Å². The molecule has 0 spiro atoms. The zero-order valence-electron chi connectivity index (χ0n) is 11.2. The molecule has 1 aliphatic heterocycles. The molecule has 0 unspecified atom stereocenters. The van der Waals surface area contributed by atoms with Crippen molar-refractivity contribution in [3.63, 3.8) is 0 Å². The van der Waals surface area contributed by atoms with E-state index in [1.54, 1.807) is 24.3 Å². The quantitative estimate of drug-likeness (QED) is 0.476. The zero-order chi connectivity index (χ0) is 16.0. The van der Waals surface area contributed by atoms with Gasteiger partial charge in [0.1, 0.15) is 11.5 Å². The number of benzene rings is 1.